The van der Waals surface area contributed by atoms with Crippen molar-refractivity contribution in [1.82, 2.24) is 0 Å². The Morgan fingerprint density at radius 3 is 1.61 bits per heavy atom. The van der Waals surface area contributed by atoms with E-state index in [9.17, 15) is 9.59 Å². The molecule has 0 fully saturated rings. The fraction of sp³-hybridized carbons (Fsp3) is 0.391. The first-order chi connectivity index (χ1) is 13.2. The van der Waals surface area contributed by atoms with Crippen molar-refractivity contribution in [3.05, 3.63) is 59.7 Å². The molecule has 2 aromatic carbocycles. The zero-order chi connectivity index (χ0) is 20.9. The zero-order valence-corrected chi connectivity index (χ0v) is 18.6. The molecular formula is C23H30O4Si. The third kappa shape index (κ3) is 4.71. The third-order valence-electron chi connectivity index (χ3n) is 5.32. The summed E-state index contributed by atoms with van der Waals surface area (Å²) >= 11 is 0. The van der Waals surface area contributed by atoms with Crippen LogP contribution in [-0.4, -0.2) is 20.6 Å². The predicted molar refractivity (Wildman–Crippen MR) is 115 cm³/mol. The van der Waals surface area contributed by atoms with Gasteiger partial charge >= 0.3 is 5.97 Å². The van der Waals surface area contributed by atoms with Gasteiger partial charge in [0.2, 0.25) is 0 Å². The lowest BCUT2D eigenvalue weighted by Crippen LogP contribution is -2.49. The quantitative estimate of drug-likeness (QED) is 0.370. The van der Waals surface area contributed by atoms with E-state index in [0.29, 0.717) is 39.2 Å². The molecule has 2 aromatic rings. The fourth-order valence-corrected chi connectivity index (χ4v) is 9.13. The van der Waals surface area contributed by atoms with E-state index in [2.05, 4.69) is 41.5 Å². The van der Waals surface area contributed by atoms with Gasteiger partial charge in [0.1, 0.15) is 17.8 Å². The average molecular weight is 399 g/mol. The second-order valence-electron chi connectivity index (χ2n) is 8.02. The van der Waals surface area contributed by atoms with Crippen LogP contribution in [0.5, 0.6) is 11.5 Å². The molecule has 28 heavy (non-hydrogen) atoms. The summed E-state index contributed by atoms with van der Waals surface area (Å²) in [7, 11) is -2.27. The summed E-state index contributed by atoms with van der Waals surface area (Å²) in [5.41, 5.74) is 2.15. The fourth-order valence-electron chi connectivity index (χ4n) is 3.98. The normalized spacial score (nSPS) is 11.8. The van der Waals surface area contributed by atoms with Crippen LogP contribution in [0.15, 0.2) is 48.5 Å². The second kappa shape index (κ2) is 9.19. The molecule has 0 saturated carbocycles. The molecule has 150 valence electrons. The molecule has 0 atom stereocenters. The molecule has 0 unspecified atom stereocenters. The summed E-state index contributed by atoms with van der Waals surface area (Å²) in [5, 5.41) is 0. The number of ether oxygens (including phenoxy) is 1. The molecule has 0 saturated heterocycles. The van der Waals surface area contributed by atoms with E-state index in [4.69, 9.17) is 9.16 Å². The van der Waals surface area contributed by atoms with Crippen molar-refractivity contribution in [2.45, 2.75) is 58.2 Å². The van der Waals surface area contributed by atoms with Gasteiger partial charge < -0.3 is 9.16 Å². The smallest absolute Gasteiger partial charge is 0.324 e. The minimum atomic E-state index is -2.27. The standard InChI is InChI=1S/C23H30O4Si/c1-16(2)28(17(3)4,18(5)6)27-23(25)20-9-13-22(14-10-20)26-21-11-7-19(15-24)8-12-21/h7-18H,1-6H3. The van der Waals surface area contributed by atoms with Crippen molar-refractivity contribution in [3.63, 3.8) is 0 Å². The van der Waals surface area contributed by atoms with Gasteiger partial charge in [-0.05, 0) is 65.2 Å². The van der Waals surface area contributed by atoms with Crippen LogP contribution in [0, 0.1) is 0 Å². The van der Waals surface area contributed by atoms with E-state index in [1.165, 1.54) is 0 Å². The van der Waals surface area contributed by atoms with Crippen LogP contribution in [0.4, 0.5) is 0 Å². The lowest BCUT2D eigenvalue weighted by molar-refractivity contribution is 0.0705. The molecule has 0 aliphatic rings. The van der Waals surface area contributed by atoms with Crippen molar-refractivity contribution >= 4 is 20.6 Å². The number of rotatable bonds is 8. The monoisotopic (exact) mass is 398 g/mol. The van der Waals surface area contributed by atoms with E-state index in [1.54, 1.807) is 48.5 Å². The number of benzene rings is 2. The Labute approximate surface area is 169 Å². The predicted octanol–water partition coefficient (Wildman–Crippen LogP) is 6.62. The van der Waals surface area contributed by atoms with Gasteiger partial charge in [0.05, 0.1) is 5.56 Å². The number of hydrogen-bond acceptors (Lipinski definition) is 4. The van der Waals surface area contributed by atoms with Crippen LogP contribution >= 0.6 is 0 Å². The van der Waals surface area contributed by atoms with Crippen molar-refractivity contribution < 1.29 is 18.8 Å². The molecule has 4 nitrogen and oxygen atoms in total. The molecule has 0 heterocycles. The molecule has 5 heteroatoms. The summed E-state index contributed by atoms with van der Waals surface area (Å²) in [6.45, 7) is 13.0. The number of carbonyl (C=O) groups is 2. The highest BCUT2D eigenvalue weighted by atomic mass is 28.4. The maximum absolute atomic E-state index is 12.9. The largest absolute Gasteiger partial charge is 0.515 e. The Balaban J connectivity index is 2.15. The van der Waals surface area contributed by atoms with Gasteiger partial charge in [-0.3, -0.25) is 4.79 Å². The van der Waals surface area contributed by atoms with E-state index in [0.717, 1.165) is 6.29 Å². The molecule has 0 N–H and O–H groups in total. The number of carbonyl (C=O) groups excluding carboxylic acids is 2. The molecule has 0 spiro atoms. The van der Waals surface area contributed by atoms with E-state index in [-0.39, 0.29) is 5.97 Å². The Kier molecular flexibility index (Phi) is 7.19. The van der Waals surface area contributed by atoms with Crippen LogP contribution in [0.3, 0.4) is 0 Å². The van der Waals surface area contributed by atoms with Gasteiger partial charge in [-0.15, -0.1) is 0 Å². The minimum absolute atomic E-state index is 0.260. The van der Waals surface area contributed by atoms with Gasteiger partial charge in [0.25, 0.3) is 8.32 Å². The molecule has 2 rings (SSSR count). The van der Waals surface area contributed by atoms with Gasteiger partial charge in [-0.2, -0.15) is 0 Å². The first kappa shape index (κ1) is 21.9. The van der Waals surface area contributed by atoms with Gasteiger partial charge in [0, 0.05) is 5.56 Å². The maximum Gasteiger partial charge on any atom is 0.324 e. The first-order valence-corrected chi connectivity index (χ1v) is 11.9. The number of hydrogen-bond donors (Lipinski definition) is 0. The average Bonchev–Trinajstić information content (AvgIpc) is 2.66. The van der Waals surface area contributed by atoms with E-state index >= 15 is 0 Å². The Morgan fingerprint density at radius 1 is 0.786 bits per heavy atom. The van der Waals surface area contributed by atoms with Crippen LogP contribution in [0.25, 0.3) is 0 Å². The first-order valence-electron chi connectivity index (χ1n) is 9.77. The highest BCUT2D eigenvalue weighted by Crippen LogP contribution is 2.42. The van der Waals surface area contributed by atoms with Crippen molar-refractivity contribution in [1.29, 1.82) is 0 Å². The molecule has 0 radical (unpaired) electrons. The van der Waals surface area contributed by atoms with E-state index < -0.39 is 8.32 Å². The van der Waals surface area contributed by atoms with Gasteiger partial charge in [-0.1, -0.05) is 41.5 Å². The van der Waals surface area contributed by atoms with Crippen LogP contribution in [-0.2, 0) is 4.43 Å². The molecule has 0 aliphatic heterocycles. The molecule has 0 aromatic heterocycles. The zero-order valence-electron chi connectivity index (χ0n) is 17.6. The van der Waals surface area contributed by atoms with Gasteiger partial charge in [0.15, 0.2) is 0 Å². The lowest BCUT2D eigenvalue weighted by atomic mass is 10.2. The maximum atomic E-state index is 12.9. The molecular weight excluding hydrogens is 368 g/mol. The Morgan fingerprint density at radius 2 is 1.21 bits per heavy atom. The SMILES string of the molecule is CC(C)[Si](OC(=O)c1ccc(Oc2ccc(C=O)cc2)cc1)(C(C)C)C(C)C. The van der Waals surface area contributed by atoms with Crippen LogP contribution in [0.2, 0.25) is 16.6 Å². The van der Waals surface area contributed by atoms with Crippen molar-refractivity contribution in [2.24, 2.45) is 0 Å². The van der Waals surface area contributed by atoms with Crippen molar-refractivity contribution in [2.75, 3.05) is 0 Å². The second-order valence-corrected chi connectivity index (χ2v) is 13.4. The Hall–Kier alpha value is -2.40. The van der Waals surface area contributed by atoms with E-state index in [1.807, 2.05) is 0 Å². The van der Waals surface area contributed by atoms with Gasteiger partial charge in [-0.25, -0.2) is 4.79 Å². The molecule has 0 aliphatic carbocycles. The molecule has 0 bridgehead atoms. The summed E-state index contributed by atoms with van der Waals surface area (Å²) in [6, 6.07) is 13.8. The summed E-state index contributed by atoms with van der Waals surface area (Å²) < 4.78 is 12.0. The highest BCUT2D eigenvalue weighted by molar-refractivity contribution is 6.79. The summed E-state index contributed by atoms with van der Waals surface area (Å²) in [5.74, 6) is 0.993. The van der Waals surface area contributed by atoms with Crippen LogP contribution < -0.4 is 4.74 Å². The lowest BCUT2D eigenvalue weighted by Gasteiger charge is -2.41. The Bertz CT molecular complexity index is 771. The topological polar surface area (TPSA) is 52.6 Å². The van der Waals surface area contributed by atoms with Crippen LogP contribution in [0.1, 0.15) is 62.3 Å². The number of aldehydes is 1. The highest BCUT2D eigenvalue weighted by Gasteiger charge is 2.48. The minimum Gasteiger partial charge on any atom is -0.515 e. The summed E-state index contributed by atoms with van der Waals surface area (Å²) in [6.07, 6.45) is 0.791. The third-order valence-corrected chi connectivity index (χ3v) is 11.3. The molecule has 0 amide bonds. The summed E-state index contributed by atoms with van der Waals surface area (Å²) in [4.78, 5) is 23.6. The van der Waals surface area contributed by atoms with Crippen molar-refractivity contribution in [3.8, 4) is 11.5 Å².